The van der Waals surface area contributed by atoms with Gasteiger partial charge in [-0.3, -0.25) is 14.9 Å². The van der Waals surface area contributed by atoms with E-state index in [4.69, 9.17) is 9.47 Å². The van der Waals surface area contributed by atoms with Gasteiger partial charge < -0.3 is 29.5 Å². The number of ether oxygens (including phenoxy) is 3. The average molecular weight is 357 g/mol. The monoisotopic (exact) mass is 357 g/mol. The van der Waals surface area contributed by atoms with Crippen LogP contribution in [0.1, 0.15) is 13.3 Å². The first-order valence-electron chi connectivity index (χ1n) is 7.41. The van der Waals surface area contributed by atoms with Gasteiger partial charge in [-0.05, 0) is 19.1 Å². The lowest BCUT2D eigenvalue weighted by molar-refractivity contribution is -0.384. The highest BCUT2D eigenvalue weighted by Gasteiger charge is 2.56. The standard InChI is InChI=1S/C15H19NO9/c1-8-12(18)15(20,7-11(17)23-2)13(19)14(24-8)25-10-5-3-9(4-6-10)16(21)22/h3-6,8,12-14,18-20H,7H2,1-2H3/t8-,12+,13+,14+,15+/m0/s1. The van der Waals surface area contributed by atoms with E-state index in [-0.39, 0.29) is 11.4 Å². The molecule has 0 spiro atoms. The zero-order chi connectivity index (χ0) is 18.8. The SMILES string of the molecule is COC(=O)C[C@]1(O)[C@H](O)[C@@H](Oc2ccc([N+](=O)[O-])cc2)O[C@@H](C)[C@H]1O. The molecule has 0 radical (unpaired) electrons. The molecule has 10 heteroatoms. The van der Waals surface area contributed by atoms with E-state index in [1.54, 1.807) is 0 Å². The molecule has 3 N–H and O–H groups in total. The first-order valence-corrected chi connectivity index (χ1v) is 7.41. The molecule has 1 saturated heterocycles. The molecule has 1 heterocycles. The minimum Gasteiger partial charge on any atom is -0.469 e. The Balaban J connectivity index is 2.20. The van der Waals surface area contributed by atoms with E-state index in [1.165, 1.54) is 31.2 Å². The van der Waals surface area contributed by atoms with Gasteiger partial charge in [0.1, 0.15) is 23.6 Å². The lowest BCUT2D eigenvalue weighted by atomic mass is 9.81. The highest BCUT2D eigenvalue weighted by molar-refractivity contribution is 5.70. The number of methoxy groups -OCH3 is 1. The molecule has 25 heavy (non-hydrogen) atoms. The molecule has 10 nitrogen and oxygen atoms in total. The molecule has 0 amide bonds. The van der Waals surface area contributed by atoms with Crippen LogP contribution in [0.25, 0.3) is 0 Å². The molecule has 0 aromatic heterocycles. The largest absolute Gasteiger partial charge is 0.469 e. The number of rotatable bonds is 5. The molecule has 1 fully saturated rings. The topological polar surface area (TPSA) is 149 Å². The van der Waals surface area contributed by atoms with Gasteiger partial charge in [0.15, 0.2) is 0 Å². The van der Waals surface area contributed by atoms with E-state index >= 15 is 0 Å². The van der Waals surface area contributed by atoms with Crippen LogP contribution >= 0.6 is 0 Å². The van der Waals surface area contributed by atoms with E-state index in [0.29, 0.717) is 0 Å². The average Bonchev–Trinajstić information content (AvgIpc) is 2.58. The lowest BCUT2D eigenvalue weighted by Crippen LogP contribution is -2.67. The van der Waals surface area contributed by atoms with Gasteiger partial charge in [-0.15, -0.1) is 0 Å². The van der Waals surface area contributed by atoms with Crippen LogP contribution in [0.4, 0.5) is 5.69 Å². The summed E-state index contributed by atoms with van der Waals surface area (Å²) in [6.45, 7) is 1.44. The van der Waals surface area contributed by atoms with Gasteiger partial charge in [0.2, 0.25) is 6.29 Å². The molecule has 1 aliphatic rings. The van der Waals surface area contributed by atoms with Gasteiger partial charge >= 0.3 is 5.97 Å². The van der Waals surface area contributed by atoms with E-state index in [9.17, 15) is 30.2 Å². The van der Waals surface area contributed by atoms with Crippen LogP contribution < -0.4 is 4.74 Å². The quantitative estimate of drug-likeness (QED) is 0.368. The van der Waals surface area contributed by atoms with Gasteiger partial charge in [-0.1, -0.05) is 0 Å². The molecule has 1 aromatic carbocycles. The number of hydrogen-bond acceptors (Lipinski definition) is 9. The maximum Gasteiger partial charge on any atom is 0.308 e. The first-order chi connectivity index (χ1) is 11.7. The van der Waals surface area contributed by atoms with E-state index in [0.717, 1.165) is 7.11 Å². The van der Waals surface area contributed by atoms with Crippen molar-refractivity contribution in [3.8, 4) is 5.75 Å². The molecule has 0 aliphatic carbocycles. The summed E-state index contributed by atoms with van der Waals surface area (Å²) < 4.78 is 15.2. The van der Waals surface area contributed by atoms with Gasteiger partial charge in [0.05, 0.1) is 24.6 Å². The van der Waals surface area contributed by atoms with Crippen molar-refractivity contribution in [2.24, 2.45) is 0 Å². The van der Waals surface area contributed by atoms with E-state index in [1.807, 2.05) is 0 Å². The van der Waals surface area contributed by atoms with Crippen LogP contribution in [0.5, 0.6) is 5.75 Å². The lowest BCUT2D eigenvalue weighted by Gasteiger charge is -2.46. The number of hydrogen-bond donors (Lipinski definition) is 3. The number of benzene rings is 1. The Morgan fingerprint density at radius 1 is 1.32 bits per heavy atom. The molecule has 138 valence electrons. The third kappa shape index (κ3) is 3.87. The van der Waals surface area contributed by atoms with Crippen LogP contribution in [-0.2, 0) is 14.3 Å². The Morgan fingerprint density at radius 3 is 2.44 bits per heavy atom. The highest BCUT2D eigenvalue weighted by atomic mass is 16.7. The van der Waals surface area contributed by atoms with Crippen molar-refractivity contribution >= 4 is 11.7 Å². The third-order valence-corrected chi connectivity index (χ3v) is 4.03. The molecule has 0 bridgehead atoms. The van der Waals surface area contributed by atoms with Crippen molar-refractivity contribution in [2.45, 2.75) is 43.5 Å². The number of non-ortho nitro benzene ring substituents is 1. The second-order valence-corrected chi connectivity index (χ2v) is 5.71. The summed E-state index contributed by atoms with van der Waals surface area (Å²) >= 11 is 0. The Hall–Kier alpha value is -2.27. The Bertz CT molecular complexity index is 634. The van der Waals surface area contributed by atoms with Crippen LogP contribution in [0, 0.1) is 10.1 Å². The van der Waals surface area contributed by atoms with Crippen molar-refractivity contribution in [3.05, 3.63) is 34.4 Å². The summed E-state index contributed by atoms with van der Waals surface area (Å²) in [7, 11) is 1.11. The van der Waals surface area contributed by atoms with Crippen LogP contribution in [0.15, 0.2) is 24.3 Å². The molecule has 2 rings (SSSR count). The summed E-state index contributed by atoms with van der Waals surface area (Å²) in [5.74, 6) is -0.692. The zero-order valence-electron chi connectivity index (χ0n) is 13.6. The maximum absolute atomic E-state index is 11.5. The normalized spacial score (nSPS) is 32.0. The minimum absolute atomic E-state index is 0.138. The summed E-state index contributed by atoms with van der Waals surface area (Å²) in [4.78, 5) is 21.6. The molecular formula is C15H19NO9. The van der Waals surface area contributed by atoms with E-state index in [2.05, 4.69) is 4.74 Å². The van der Waals surface area contributed by atoms with Gasteiger partial charge in [0.25, 0.3) is 5.69 Å². The van der Waals surface area contributed by atoms with Gasteiger partial charge in [-0.2, -0.15) is 0 Å². The number of aliphatic hydroxyl groups excluding tert-OH is 2. The number of nitrogens with zero attached hydrogens (tertiary/aromatic N) is 1. The fourth-order valence-corrected chi connectivity index (χ4v) is 2.56. The molecule has 5 atom stereocenters. The third-order valence-electron chi connectivity index (χ3n) is 4.03. The number of carbonyl (C=O) groups excluding carboxylic acids is 1. The smallest absolute Gasteiger partial charge is 0.308 e. The summed E-state index contributed by atoms with van der Waals surface area (Å²) in [6.07, 6.45) is -6.36. The molecule has 0 saturated carbocycles. The van der Waals surface area contributed by atoms with E-state index < -0.39 is 47.5 Å². The molecule has 1 aromatic rings. The highest BCUT2D eigenvalue weighted by Crippen LogP contribution is 2.34. The van der Waals surface area contributed by atoms with Crippen LogP contribution in [0.2, 0.25) is 0 Å². The predicted molar refractivity (Wildman–Crippen MR) is 81.7 cm³/mol. The number of esters is 1. The van der Waals surface area contributed by atoms with Crippen molar-refractivity contribution in [3.63, 3.8) is 0 Å². The Morgan fingerprint density at radius 2 is 1.92 bits per heavy atom. The zero-order valence-corrected chi connectivity index (χ0v) is 13.6. The van der Waals surface area contributed by atoms with Crippen molar-refractivity contribution in [1.29, 1.82) is 0 Å². The Labute approximate surface area is 142 Å². The predicted octanol–water partition coefficient (Wildman–Crippen LogP) is -0.266. The Kier molecular flexibility index (Phi) is 5.58. The molecule has 1 aliphatic heterocycles. The maximum atomic E-state index is 11.5. The number of nitro groups is 1. The fourth-order valence-electron chi connectivity index (χ4n) is 2.56. The second kappa shape index (κ2) is 7.31. The number of carbonyl (C=O) groups is 1. The number of nitro benzene ring substituents is 1. The van der Waals surface area contributed by atoms with Crippen LogP contribution in [0.3, 0.4) is 0 Å². The summed E-state index contributed by atoms with van der Waals surface area (Å²) in [6, 6.07) is 4.99. The second-order valence-electron chi connectivity index (χ2n) is 5.71. The van der Waals surface area contributed by atoms with Gasteiger partial charge in [0, 0.05) is 12.1 Å². The summed E-state index contributed by atoms with van der Waals surface area (Å²) in [5, 5.41) is 41.7. The first kappa shape index (κ1) is 19.1. The minimum atomic E-state index is -2.24. The number of aliphatic hydroxyl groups is 3. The summed E-state index contributed by atoms with van der Waals surface area (Å²) in [5.41, 5.74) is -2.39. The fraction of sp³-hybridized carbons (Fsp3) is 0.533. The van der Waals surface area contributed by atoms with Crippen molar-refractivity contribution in [1.82, 2.24) is 0 Å². The molecule has 0 unspecified atom stereocenters. The molecular weight excluding hydrogens is 338 g/mol. The van der Waals surface area contributed by atoms with Crippen molar-refractivity contribution < 1.29 is 39.2 Å². The van der Waals surface area contributed by atoms with Crippen LogP contribution in [-0.4, -0.2) is 63.5 Å². The van der Waals surface area contributed by atoms with Crippen molar-refractivity contribution in [2.75, 3.05) is 7.11 Å². The van der Waals surface area contributed by atoms with Gasteiger partial charge in [-0.25, -0.2) is 0 Å².